The predicted octanol–water partition coefficient (Wildman–Crippen LogP) is 7.34. The molecule has 0 radical (unpaired) electrons. The van der Waals surface area contributed by atoms with Gasteiger partial charge in [0.25, 0.3) is 0 Å². The van der Waals surface area contributed by atoms with Gasteiger partial charge in [0.2, 0.25) is 0 Å². The molecule has 6 nitrogen and oxygen atoms in total. The Bertz CT molecular complexity index is 1410. The highest BCUT2D eigenvalue weighted by molar-refractivity contribution is 6.35. The van der Waals surface area contributed by atoms with Gasteiger partial charge in [-0.25, -0.2) is 0 Å². The molecule has 0 bridgehead atoms. The van der Waals surface area contributed by atoms with E-state index in [0.717, 1.165) is 22.5 Å². The van der Waals surface area contributed by atoms with E-state index in [2.05, 4.69) is 0 Å². The van der Waals surface area contributed by atoms with Crippen LogP contribution in [0.25, 0.3) is 0 Å². The van der Waals surface area contributed by atoms with Crippen molar-refractivity contribution in [1.29, 1.82) is 0 Å². The molecule has 1 heterocycles. The Hall–Kier alpha value is -3.09. The fourth-order valence-electron chi connectivity index (χ4n) is 6.26. The smallest absolute Gasteiger partial charge is 0.323 e. The highest BCUT2D eigenvalue weighted by Gasteiger charge is 2.49. The molecule has 1 aliphatic heterocycles. The molecule has 8 heteroatoms. The molecule has 3 aliphatic rings. The van der Waals surface area contributed by atoms with Crippen molar-refractivity contribution in [3.8, 4) is 5.75 Å². The van der Waals surface area contributed by atoms with E-state index < -0.39 is 11.9 Å². The molecule has 40 heavy (non-hydrogen) atoms. The summed E-state index contributed by atoms with van der Waals surface area (Å²) in [4.78, 5) is 41.2. The summed E-state index contributed by atoms with van der Waals surface area (Å²) < 4.78 is 5.97. The maximum absolute atomic E-state index is 13.7. The van der Waals surface area contributed by atoms with Crippen LogP contribution in [-0.2, 0) is 21.0 Å². The van der Waals surface area contributed by atoms with E-state index in [0.29, 0.717) is 52.6 Å². The summed E-state index contributed by atoms with van der Waals surface area (Å²) in [6.07, 6.45) is 1.81. The van der Waals surface area contributed by atoms with Gasteiger partial charge >= 0.3 is 5.97 Å². The molecule has 0 fully saturated rings. The number of allylic oxidation sites excluding steroid dienone is 4. The third kappa shape index (κ3) is 5.57. The van der Waals surface area contributed by atoms with Gasteiger partial charge in [0.1, 0.15) is 18.9 Å². The van der Waals surface area contributed by atoms with Gasteiger partial charge in [0.05, 0.1) is 0 Å². The number of halogens is 2. The minimum atomic E-state index is -0.994. The first-order chi connectivity index (χ1) is 18.7. The number of carboxylic acids is 1. The molecule has 0 amide bonds. The normalized spacial score (nSPS) is 20.4. The zero-order valence-corrected chi connectivity index (χ0v) is 24.7. The van der Waals surface area contributed by atoms with Crippen LogP contribution in [0.2, 0.25) is 10.0 Å². The number of hydrogen-bond donors (Lipinski definition) is 1. The maximum Gasteiger partial charge on any atom is 0.323 e. The number of ketones is 2. The Labute approximate surface area is 244 Å². The number of hydrogen-bond acceptors (Lipinski definition) is 5. The van der Waals surface area contributed by atoms with Crippen molar-refractivity contribution in [2.24, 2.45) is 10.8 Å². The number of rotatable bonds is 6. The molecule has 1 N–H and O–H groups in total. The Morgan fingerprint density at radius 2 is 1.45 bits per heavy atom. The fraction of sp³-hybridized carbons (Fsp3) is 0.406. The van der Waals surface area contributed by atoms with Crippen LogP contribution in [0.5, 0.6) is 5.75 Å². The van der Waals surface area contributed by atoms with Gasteiger partial charge in [-0.1, -0.05) is 69.1 Å². The first kappa shape index (κ1) is 28.4. The SMILES string of the molecule is CC1(C)CC(=O)C2=C(C1)N(CC(=O)O)C1=C(C(=O)CC(C)(C)C1)C2c1ccc(OCc2ccc(Cl)cc2Cl)cc1. The predicted molar refractivity (Wildman–Crippen MR) is 154 cm³/mol. The second kappa shape index (κ2) is 10.4. The molecule has 0 unspecified atom stereocenters. The van der Waals surface area contributed by atoms with E-state index in [-0.39, 0.29) is 35.5 Å². The molecule has 2 aromatic carbocycles. The van der Waals surface area contributed by atoms with Crippen LogP contribution < -0.4 is 4.74 Å². The summed E-state index contributed by atoms with van der Waals surface area (Å²) in [5.41, 5.74) is 3.55. The lowest BCUT2D eigenvalue weighted by Crippen LogP contribution is -2.45. The zero-order valence-electron chi connectivity index (χ0n) is 23.1. The van der Waals surface area contributed by atoms with Crippen LogP contribution in [0.3, 0.4) is 0 Å². The maximum atomic E-state index is 13.7. The molecular weight excluding hydrogens is 549 g/mol. The molecule has 0 aromatic heterocycles. The van der Waals surface area contributed by atoms with Crippen molar-refractivity contribution in [2.45, 2.75) is 65.9 Å². The number of carbonyl (C=O) groups excluding carboxylic acids is 2. The minimum absolute atomic E-state index is 0.0338. The van der Waals surface area contributed by atoms with E-state index in [1.807, 2.05) is 58.0 Å². The van der Waals surface area contributed by atoms with Crippen molar-refractivity contribution in [3.63, 3.8) is 0 Å². The second-order valence-electron chi connectivity index (χ2n) is 12.6. The number of carbonyl (C=O) groups is 3. The number of benzene rings is 2. The largest absolute Gasteiger partial charge is 0.489 e. The van der Waals surface area contributed by atoms with Gasteiger partial charge in [0, 0.05) is 56.9 Å². The summed E-state index contributed by atoms with van der Waals surface area (Å²) in [7, 11) is 0. The Balaban J connectivity index is 1.56. The quantitative estimate of drug-likeness (QED) is 0.384. The number of aliphatic carboxylic acids is 1. The molecule has 0 saturated heterocycles. The summed E-state index contributed by atoms with van der Waals surface area (Å²) >= 11 is 12.3. The van der Waals surface area contributed by atoms with Crippen LogP contribution in [0.1, 0.15) is 70.4 Å². The fourth-order valence-corrected chi connectivity index (χ4v) is 6.73. The van der Waals surface area contributed by atoms with Crippen LogP contribution in [-0.4, -0.2) is 34.1 Å². The van der Waals surface area contributed by atoms with Crippen molar-refractivity contribution in [3.05, 3.63) is 86.2 Å². The van der Waals surface area contributed by atoms with Crippen LogP contribution in [0.15, 0.2) is 65.0 Å². The summed E-state index contributed by atoms with van der Waals surface area (Å²) in [6.45, 7) is 8.10. The van der Waals surface area contributed by atoms with Crippen molar-refractivity contribution in [2.75, 3.05) is 6.54 Å². The Morgan fingerprint density at radius 3 is 1.95 bits per heavy atom. The lowest BCUT2D eigenvalue weighted by atomic mass is 9.63. The van der Waals surface area contributed by atoms with Crippen LogP contribution in [0.4, 0.5) is 0 Å². The van der Waals surface area contributed by atoms with Gasteiger partial charge < -0.3 is 14.7 Å². The topological polar surface area (TPSA) is 83.9 Å². The second-order valence-corrected chi connectivity index (χ2v) is 13.5. The van der Waals surface area contributed by atoms with E-state index in [9.17, 15) is 19.5 Å². The Morgan fingerprint density at radius 1 is 0.900 bits per heavy atom. The van der Waals surface area contributed by atoms with E-state index >= 15 is 0 Å². The number of Topliss-reactive ketones (excluding diaryl/α,β-unsaturated/α-hetero) is 2. The highest BCUT2D eigenvalue weighted by atomic mass is 35.5. The van der Waals surface area contributed by atoms with Gasteiger partial charge in [-0.05, 0) is 53.5 Å². The summed E-state index contributed by atoms with van der Waals surface area (Å²) in [5, 5.41) is 10.9. The van der Waals surface area contributed by atoms with Gasteiger partial charge in [-0.2, -0.15) is 0 Å². The first-order valence-corrected chi connectivity index (χ1v) is 14.2. The lowest BCUT2D eigenvalue weighted by Gasteiger charge is -2.48. The first-order valence-electron chi connectivity index (χ1n) is 13.4. The van der Waals surface area contributed by atoms with Gasteiger partial charge in [-0.15, -0.1) is 0 Å². The molecule has 2 aliphatic carbocycles. The van der Waals surface area contributed by atoms with Crippen LogP contribution in [0, 0.1) is 10.8 Å². The van der Waals surface area contributed by atoms with Crippen molar-refractivity contribution >= 4 is 40.7 Å². The third-order valence-corrected chi connectivity index (χ3v) is 8.53. The highest BCUT2D eigenvalue weighted by Crippen LogP contribution is 2.54. The Kier molecular flexibility index (Phi) is 7.38. The van der Waals surface area contributed by atoms with E-state index in [4.69, 9.17) is 27.9 Å². The number of ether oxygens (including phenoxy) is 1. The monoisotopic (exact) mass is 581 g/mol. The number of nitrogens with zero attached hydrogens (tertiary/aromatic N) is 1. The average molecular weight is 583 g/mol. The molecule has 0 saturated carbocycles. The van der Waals surface area contributed by atoms with E-state index in [1.54, 1.807) is 17.0 Å². The van der Waals surface area contributed by atoms with Gasteiger partial charge in [-0.3, -0.25) is 14.4 Å². The lowest BCUT2D eigenvalue weighted by molar-refractivity contribution is -0.138. The standard InChI is InChI=1S/C32H33Cl2NO5/c1-31(2)12-23-29(25(36)14-31)28(30-24(35(23)16-27(38)39)13-32(3,4)15-26(30)37)18-6-9-21(10-7-18)40-17-19-5-8-20(33)11-22(19)34/h5-11,28H,12-17H2,1-4H3,(H,38,39). The molecular formula is C32H33Cl2NO5. The molecule has 2 aromatic rings. The molecule has 210 valence electrons. The molecule has 5 rings (SSSR count). The summed E-state index contributed by atoms with van der Waals surface area (Å²) in [5.74, 6) is -0.983. The molecule has 0 atom stereocenters. The van der Waals surface area contributed by atoms with Gasteiger partial charge in [0.15, 0.2) is 11.6 Å². The van der Waals surface area contributed by atoms with Crippen molar-refractivity contribution < 1.29 is 24.2 Å². The third-order valence-electron chi connectivity index (χ3n) is 7.94. The zero-order chi connectivity index (χ0) is 29.0. The summed E-state index contributed by atoms with van der Waals surface area (Å²) in [6, 6.07) is 12.7. The molecule has 0 spiro atoms. The van der Waals surface area contributed by atoms with Crippen molar-refractivity contribution in [1.82, 2.24) is 4.90 Å². The minimum Gasteiger partial charge on any atom is -0.489 e. The van der Waals surface area contributed by atoms with Crippen LogP contribution >= 0.6 is 23.2 Å². The number of carboxylic acid groups (broad SMARTS) is 1. The van der Waals surface area contributed by atoms with E-state index in [1.165, 1.54) is 0 Å². The average Bonchev–Trinajstić information content (AvgIpc) is 2.83.